The molecule has 0 spiro atoms. The average molecular weight is 430 g/mol. The maximum Gasteiger partial charge on any atom is 0.257 e. The van der Waals surface area contributed by atoms with E-state index in [-0.39, 0.29) is 23.9 Å². The zero-order chi connectivity index (χ0) is 21.1. The minimum absolute atomic E-state index is 0.0511. The second-order valence-electron chi connectivity index (χ2n) is 7.37. The van der Waals surface area contributed by atoms with Crippen LogP contribution >= 0.6 is 11.6 Å². The summed E-state index contributed by atoms with van der Waals surface area (Å²) in [6.45, 7) is 1.95. The summed E-state index contributed by atoms with van der Waals surface area (Å²) in [5.74, 6) is 0.388. The van der Waals surface area contributed by atoms with E-state index in [1.165, 1.54) is 7.11 Å². The van der Waals surface area contributed by atoms with Gasteiger partial charge in [-0.3, -0.25) is 14.6 Å². The van der Waals surface area contributed by atoms with Crippen LogP contribution in [0.1, 0.15) is 28.4 Å². The topological polar surface area (TPSA) is 86.8 Å². The minimum Gasteiger partial charge on any atom is -0.496 e. The van der Waals surface area contributed by atoms with Gasteiger partial charge in [-0.15, -0.1) is 0 Å². The molecule has 2 N–H and O–H groups in total. The molecule has 2 aliphatic heterocycles. The number of benzene rings is 1. The van der Waals surface area contributed by atoms with Gasteiger partial charge >= 0.3 is 0 Å². The number of hydrazine groups is 1. The monoisotopic (exact) mass is 429 g/mol. The zero-order valence-electron chi connectivity index (χ0n) is 16.7. The van der Waals surface area contributed by atoms with E-state index in [9.17, 15) is 9.59 Å². The zero-order valence-corrected chi connectivity index (χ0v) is 17.4. The SMILES string of the molecule is COc1cc(Cl)ccc1C(=O)N1CCN(C(=O)C2CC(c3ccncc3)NN2)CC1. The van der Waals surface area contributed by atoms with E-state index in [1.54, 1.807) is 35.5 Å². The quantitative estimate of drug-likeness (QED) is 0.768. The van der Waals surface area contributed by atoms with Gasteiger partial charge in [-0.2, -0.15) is 0 Å². The molecule has 8 nitrogen and oxygen atoms in total. The van der Waals surface area contributed by atoms with E-state index in [4.69, 9.17) is 16.3 Å². The smallest absolute Gasteiger partial charge is 0.257 e. The molecule has 2 unspecified atom stereocenters. The molecule has 0 aliphatic carbocycles. The Morgan fingerprint density at radius 2 is 1.77 bits per heavy atom. The fraction of sp³-hybridized carbons (Fsp3) is 0.381. The highest BCUT2D eigenvalue weighted by atomic mass is 35.5. The molecule has 3 heterocycles. The molecule has 0 bridgehead atoms. The third-order valence-corrected chi connectivity index (χ3v) is 5.82. The van der Waals surface area contributed by atoms with E-state index in [0.29, 0.717) is 48.9 Å². The van der Waals surface area contributed by atoms with Gasteiger partial charge in [0.15, 0.2) is 0 Å². The van der Waals surface area contributed by atoms with Gasteiger partial charge in [0.05, 0.1) is 12.7 Å². The number of nitrogens with one attached hydrogen (secondary N) is 2. The average Bonchev–Trinajstić information content (AvgIpc) is 3.29. The van der Waals surface area contributed by atoms with Crippen molar-refractivity contribution in [3.8, 4) is 5.75 Å². The molecule has 0 radical (unpaired) electrons. The van der Waals surface area contributed by atoms with Crippen LogP contribution in [0.4, 0.5) is 0 Å². The number of hydrogen-bond acceptors (Lipinski definition) is 6. The molecule has 0 saturated carbocycles. The molecule has 2 saturated heterocycles. The largest absolute Gasteiger partial charge is 0.496 e. The number of carbonyl (C=O) groups is 2. The number of hydrogen-bond donors (Lipinski definition) is 2. The number of rotatable bonds is 4. The van der Waals surface area contributed by atoms with Gasteiger partial charge in [0.1, 0.15) is 11.8 Å². The molecule has 1 aromatic heterocycles. The summed E-state index contributed by atoms with van der Waals surface area (Å²) in [4.78, 5) is 33.4. The molecule has 2 fully saturated rings. The van der Waals surface area contributed by atoms with Crippen LogP contribution in [-0.4, -0.2) is 65.9 Å². The Morgan fingerprint density at radius 1 is 1.07 bits per heavy atom. The number of piperazine rings is 1. The van der Waals surface area contributed by atoms with E-state index in [0.717, 1.165) is 5.56 Å². The summed E-state index contributed by atoms with van der Waals surface area (Å²) in [5, 5.41) is 0.515. The van der Waals surface area contributed by atoms with Crippen molar-refractivity contribution >= 4 is 23.4 Å². The second kappa shape index (κ2) is 8.99. The molecular weight excluding hydrogens is 406 g/mol. The molecule has 2 amide bonds. The fourth-order valence-electron chi connectivity index (χ4n) is 3.89. The third-order valence-electron chi connectivity index (χ3n) is 5.58. The maximum atomic E-state index is 12.9. The number of methoxy groups -OCH3 is 1. The van der Waals surface area contributed by atoms with Crippen LogP contribution in [0.15, 0.2) is 42.7 Å². The van der Waals surface area contributed by atoms with Crippen LogP contribution < -0.4 is 15.6 Å². The van der Waals surface area contributed by atoms with Crippen molar-refractivity contribution in [2.45, 2.75) is 18.5 Å². The van der Waals surface area contributed by atoms with Crippen molar-refractivity contribution in [1.82, 2.24) is 25.6 Å². The van der Waals surface area contributed by atoms with Crippen molar-refractivity contribution in [2.24, 2.45) is 0 Å². The summed E-state index contributed by atoms with van der Waals surface area (Å²) < 4.78 is 5.30. The Hall–Kier alpha value is -2.68. The normalized spacial score (nSPS) is 21.5. The van der Waals surface area contributed by atoms with Crippen LogP contribution in [0.2, 0.25) is 5.02 Å². The van der Waals surface area contributed by atoms with Gasteiger partial charge in [-0.05, 0) is 42.3 Å². The van der Waals surface area contributed by atoms with Crippen molar-refractivity contribution in [3.05, 3.63) is 58.9 Å². The number of halogens is 1. The molecule has 158 valence electrons. The molecule has 2 aromatic rings. The summed E-state index contributed by atoms with van der Waals surface area (Å²) >= 11 is 5.99. The summed E-state index contributed by atoms with van der Waals surface area (Å²) in [7, 11) is 1.51. The van der Waals surface area contributed by atoms with E-state index < -0.39 is 0 Å². The van der Waals surface area contributed by atoms with Crippen molar-refractivity contribution in [1.29, 1.82) is 0 Å². The Morgan fingerprint density at radius 3 is 2.47 bits per heavy atom. The van der Waals surface area contributed by atoms with Gasteiger partial charge in [0.25, 0.3) is 5.91 Å². The lowest BCUT2D eigenvalue weighted by molar-refractivity contribution is -0.134. The molecule has 2 atom stereocenters. The van der Waals surface area contributed by atoms with Gasteiger partial charge in [0.2, 0.25) is 5.91 Å². The second-order valence-corrected chi connectivity index (χ2v) is 7.81. The molecule has 9 heteroatoms. The molecular formula is C21H24ClN5O3. The summed E-state index contributed by atoms with van der Waals surface area (Å²) in [6.07, 6.45) is 4.17. The first-order chi connectivity index (χ1) is 14.6. The Balaban J connectivity index is 1.33. The maximum absolute atomic E-state index is 12.9. The fourth-order valence-corrected chi connectivity index (χ4v) is 4.06. The summed E-state index contributed by atoms with van der Waals surface area (Å²) in [5.41, 5.74) is 7.88. The molecule has 4 rings (SSSR count). The third kappa shape index (κ3) is 4.26. The Labute approximate surface area is 180 Å². The van der Waals surface area contributed by atoms with Crippen LogP contribution in [0.5, 0.6) is 5.75 Å². The van der Waals surface area contributed by atoms with Crippen molar-refractivity contribution in [3.63, 3.8) is 0 Å². The Kier molecular flexibility index (Phi) is 6.17. The van der Waals surface area contributed by atoms with Crippen LogP contribution in [0.25, 0.3) is 0 Å². The van der Waals surface area contributed by atoms with Gasteiger partial charge < -0.3 is 14.5 Å². The lowest BCUT2D eigenvalue weighted by Crippen LogP contribution is -2.54. The molecule has 2 aliphatic rings. The molecule has 30 heavy (non-hydrogen) atoms. The van der Waals surface area contributed by atoms with Crippen LogP contribution in [0.3, 0.4) is 0 Å². The lowest BCUT2D eigenvalue weighted by atomic mass is 10.0. The summed E-state index contributed by atoms with van der Waals surface area (Å²) in [6, 6.07) is 8.66. The minimum atomic E-state index is -0.290. The number of ether oxygens (including phenoxy) is 1. The van der Waals surface area contributed by atoms with Gasteiger partial charge in [-0.25, -0.2) is 10.9 Å². The van der Waals surface area contributed by atoms with E-state index in [2.05, 4.69) is 15.8 Å². The van der Waals surface area contributed by atoms with Crippen LogP contribution in [0, 0.1) is 0 Å². The number of amides is 2. The first kappa shape index (κ1) is 20.6. The van der Waals surface area contributed by atoms with Crippen LogP contribution in [-0.2, 0) is 4.79 Å². The first-order valence-corrected chi connectivity index (χ1v) is 10.3. The highest BCUT2D eigenvalue weighted by Gasteiger charge is 2.35. The van der Waals surface area contributed by atoms with E-state index in [1.807, 2.05) is 17.0 Å². The molecule has 1 aromatic carbocycles. The van der Waals surface area contributed by atoms with Gasteiger partial charge in [-0.1, -0.05) is 11.6 Å². The highest BCUT2D eigenvalue weighted by Crippen LogP contribution is 2.26. The number of nitrogens with zero attached hydrogens (tertiary/aromatic N) is 3. The van der Waals surface area contributed by atoms with E-state index >= 15 is 0 Å². The standard InChI is InChI=1S/C21H24ClN5O3/c1-30-19-12-15(22)2-3-16(19)20(28)26-8-10-27(11-9-26)21(29)18-13-17(24-25-18)14-4-6-23-7-5-14/h2-7,12,17-18,24-25H,8-11,13H2,1H3. The highest BCUT2D eigenvalue weighted by molar-refractivity contribution is 6.30. The Bertz CT molecular complexity index is 918. The first-order valence-electron chi connectivity index (χ1n) is 9.89. The van der Waals surface area contributed by atoms with Gasteiger partial charge in [0, 0.05) is 49.6 Å². The number of aromatic nitrogens is 1. The predicted molar refractivity (Wildman–Crippen MR) is 112 cm³/mol. The predicted octanol–water partition coefficient (Wildman–Crippen LogP) is 1.64. The lowest BCUT2D eigenvalue weighted by Gasteiger charge is -2.36. The number of carbonyl (C=O) groups excluding carboxylic acids is 2. The van der Waals surface area contributed by atoms with Crippen molar-refractivity contribution < 1.29 is 14.3 Å². The van der Waals surface area contributed by atoms with Crippen molar-refractivity contribution in [2.75, 3.05) is 33.3 Å². The number of pyridine rings is 1.